The number of carboxylic acid groups (broad SMARTS) is 2. The molecule has 0 amide bonds. The summed E-state index contributed by atoms with van der Waals surface area (Å²) in [5.74, 6) is -3.11. The van der Waals surface area contributed by atoms with Crippen LogP contribution in [0.2, 0.25) is 0 Å². The van der Waals surface area contributed by atoms with Crippen molar-refractivity contribution in [3.8, 4) is 22.4 Å². The third-order valence-corrected chi connectivity index (χ3v) is 6.61. The molecule has 0 radical (unpaired) electrons. The number of aliphatic hydroxyl groups is 2. The van der Waals surface area contributed by atoms with Crippen molar-refractivity contribution in [2.24, 2.45) is 0 Å². The van der Waals surface area contributed by atoms with E-state index in [1.165, 1.54) is 24.4 Å². The highest BCUT2D eigenvalue weighted by Gasteiger charge is 2.27. The number of nitrogens with zero attached hydrogens (tertiary/aromatic N) is 3. The molecule has 9 nitrogen and oxygen atoms in total. The monoisotopic (exact) mass is 535 g/mol. The lowest BCUT2D eigenvalue weighted by Gasteiger charge is -2.22. The number of aromatic nitrogens is 3. The SMILES string of the molecule is CC(C)c1nc2c(c(-c3ccc(F)cc3)c1C=C[C@@H](O)C[C@@H](O)CC(=O)O)CCCc1nc(C(=O)O)ncc1-2. The summed E-state index contributed by atoms with van der Waals surface area (Å²) >= 11 is 0. The lowest BCUT2D eigenvalue weighted by Crippen LogP contribution is -2.19. The topological polar surface area (TPSA) is 154 Å². The molecule has 0 aliphatic heterocycles. The fraction of sp³-hybridized carbons (Fsp3) is 0.345. The van der Waals surface area contributed by atoms with Crippen molar-refractivity contribution in [3.63, 3.8) is 0 Å². The van der Waals surface area contributed by atoms with Gasteiger partial charge in [0.25, 0.3) is 0 Å². The van der Waals surface area contributed by atoms with Gasteiger partial charge < -0.3 is 20.4 Å². The van der Waals surface area contributed by atoms with Crippen LogP contribution in [0, 0.1) is 5.82 Å². The average molecular weight is 536 g/mol. The van der Waals surface area contributed by atoms with Gasteiger partial charge in [-0.1, -0.05) is 38.1 Å². The first-order valence-corrected chi connectivity index (χ1v) is 12.7. The summed E-state index contributed by atoms with van der Waals surface area (Å²) in [4.78, 5) is 35.7. The summed E-state index contributed by atoms with van der Waals surface area (Å²) < 4.78 is 13.9. The molecule has 0 unspecified atom stereocenters. The summed E-state index contributed by atoms with van der Waals surface area (Å²) in [6.07, 6.45) is 3.55. The first kappa shape index (κ1) is 28.0. The van der Waals surface area contributed by atoms with Gasteiger partial charge in [-0.2, -0.15) is 0 Å². The summed E-state index contributed by atoms with van der Waals surface area (Å²) in [6, 6.07) is 6.09. The van der Waals surface area contributed by atoms with Crippen LogP contribution in [0.15, 0.2) is 36.5 Å². The lowest BCUT2D eigenvalue weighted by molar-refractivity contribution is -0.139. The Morgan fingerprint density at radius 2 is 1.79 bits per heavy atom. The standard InChI is InChI=1S/C29H30FN3O6/c1-15(2)26-21(11-10-18(34)12-19(35)13-24(36)37)25(16-6-8-17(30)9-7-16)20-4-3-5-23-22(27(20)33-26)14-31-28(32-23)29(38)39/h6-11,14-15,18-19,34-35H,3-5,12-13H2,1-2H3,(H,36,37)(H,38,39)/t18-,19-/m1/s1. The van der Waals surface area contributed by atoms with E-state index in [2.05, 4.69) is 9.97 Å². The summed E-state index contributed by atoms with van der Waals surface area (Å²) in [5, 5.41) is 38.8. The van der Waals surface area contributed by atoms with Gasteiger partial charge in [0.15, 0.2) is 0 Å². The van der Waals surface area contributed by atoms with Crippen molar-refractivity contribution in [1.82, 2.24) is 15.0 Å². The van der Waals surface area contributed by atoms with Crippen LogP contribution in [0.1, 0.15) is 72.2 Å². The van der Waals surface area contributed by atoms with Gasteiger partial charge in [0.2, 0.25) is 5.82 Å². The van der Waals surface area contributed by atoms with Gasteiger partial charge in [-0.15, -0.1) is 0 Å². The zero-order valence-electron chi connectivity index (χ0n) is 21.6. The molecule has 39 heavy (non-hydrogen) atoms. The van der Waals surface area contributed by atoms with Crippen molar-refractivity contribution < 1.29 is 34.4 Å². The number of fused-ring (bicyclic) bond motifs is 3. The quantitative estimate of drug-likeness (QED) is 0.315. The van der Waals surface area contributed by atoms with E-state index >= 15 is 0 Å². The maximum atomic E-state index is 13.9. The molecule has 10 heteroatoms. The molecule has 4 N–H and O–H groups in total. The van der Waals surface area contributed by atoms with Crippen LogP contribution in [0.25, 0.3) is 28.5 Å². The number of carboxylic acids is 2. The molecule has 1 aliphatic carbocycles. The van der Waals surface area contributed by atoms with Crippen LogP contribution in [-0.2, 0) is 17.6 Å². The largest absolute Gasteiger partial charge is 0.481 e. The first-order chi connectivity index (χ1) is 18.5. The van der Waals surface area contributed by atoms with Crippen LogP contribution in [0.5, 0.6) is 0 Å². The van der Waals surface area contributed by atoms with E-state index in [0.29, 0.717) is 47.5 Å². The number of aromatic carboxylic acids is 1. The molecule has 4 rings (SSSR count). The van der Waals surface area contributed by atoms with Gasteiger partial charge in [-0.3, -0.25) is 9.78 Å². The van der Waals surface area contributed by atoms with Crippen molar-refractivity contribution >= 4 is 18.0 Å². The number of aliphatic hydroxyl groups excluding tert-OH is 2. The highest BCUT2D eigenvalue weighted by Crippen LogP contribution is 2.41. The predicted octanol–water partition coefficient (Wildman–Crippen LogP) is 4.25. The van der Waals surface area contributed by atoms with Crippen LogP contribution in [0.4, 0.5) is 4.39 Å². The van der Waals surface area contributed by atoms with E-state index in [9.17, 15) is 29.3 Å². The van der Waals surface area contributed by atoms with Crippen LogP contribution < -0.4 is 0 Å². The van der Waals surface area contributed by atoms with Gasteiger partial charge in [-0.05, 0) is 54.0 Å². The number of carbonyl (C=O) groups is 2. The van der Waals surface area contributed by atoms with Crippen molar-refractivity contribution in [1.29, 1.82) is 0 Å². The minimum Gasteiger partial charge on any atom is -0.481 e. The molecule has 0 saturated heterocycles. The second-order valence-electron chi connectivity index (χ2n) is 9.90. The number of hydrogen-bond donors (Lipinski definition) is 4. The number of rotatable bonds is 9. The molecule has 1 aromatic carbocycles. The Morgan fingerprint density at radius 3 is 2.44 bits per heavy atom. The maximum Gasteiger partial charge on any atom is 0.373 e. The Morgan fingerprint density at radius 1 is 1.08 bits per heavy atom. The predicted molar refractivity (Wildman–Crippen MR) is 142 cm³/mol. The molecular weight excluding hydrogens is 505 g/mol. The highest BCUT2D eigenvalue weighted by molar-refractivity contribution is 5.87. The molecule has 2 atom stereocenters. The zero-order chi connectivity index (χ0) is 28.3. The minimum atomic E-state index is -1.21. The Hall–Kier alpha value is -4.02. The molecule has 2 heterocycles. The van der Waals surface area contributed by atoms with Crippen LogP contribution in [-0.4, -0.2) is 59.5 Å². The Kier molecular flexibility index (Phi) is 8.47. The highest BCUT2D eigenvalue weighted by atomic mass is 19.1. The van der Waals surface area contributed by atoms with Crippen LogP contribution >= 0.6 is 0 Å². The number of benzene rings is 1. The fourth-order valence-electron chi connectivity index (χ4n) is 4.87. The van der Waals surface area contributed by atoms with E-state index in [1.54, 1.807) is 18.2 Å². The van der Waals surface area contributed by atoms with Crippen molar-refractivity contribution in [2.75, 3.05) is 0 Å². The van der Waals surface area contributed by atoms with E-state index in [1.807, 2.05) is 13.8 Å². The number of halogens is 1. The molecule has 1 aliphatic rings. The van der Waals surface area contributed by atoms with E-state index in [4.69, 9.17) is 10.1 Å². The Balaban J connectivity index is 1.92. The molecule has 3 aromatic rings. The fourth-order valence-corrected chi connectivity index (χ4v) is 4.87. The van der Waals surface area contributed by atoms with Gasteiger partial charge in [0.1, 0.15) is 5.82 Å². The van der Waals surface area contributed by atoms with E-state index in [0.717, 1.165) is 16.7 Å². The second kappa shape index (κ2) is 11.8. The normalized spacial score (nSPS) is 14.5. The number of aryl methyl sites for hydroxylation is 1. The lowest BCUT2D eigenvalue weighted by atomic mass is 9.87. The Bertz CT molecular complexity index is 1420. The molecule has 0 fully saturated rings. The molecule has 0 saturated carbocycles. The molecule has 2 aromatic heterocycles. The Labute approximate surface area is 224 Å². The van der Waals surface area contributed by atoms with Crippen molar-refractivity contribution in [2.45, 2.75) is 64.1 Å². The van der Waals surface area contributed by atoms with Crippen molar-refractivity contribution in [3.05, 3.63) is 70.7 Å². The van der Waals surface area contributed by atoms with E-state index in [-0.39, 0.29) is 24.0 Å². The van der Waals surface area contributed by atoms with Gasteiger partial charge >= 0.3 is 11.9 Å². The second-order valence-corrected chi connectivity index (χ2v) is 9.90. The molecule has 0 bridgehead atoms. The minimum absolute atomic E-state index is 0.0743. The third-order valence-electron chi connectivity index (χ3n) is 6.61. The van der Waals surface area contributed by atoms with Crippen LogP contribution in [0.3, 0.4) is 0 Å². The summed E-state index contributed by atoms with van der Waals surface area (Å²) in [6.45, 7) is 3.93. The number of aliphatic carboxylic acids is 1. The molecular formula is C29H30FN3O6. The maximum absolute atomic E-state index is 13.9. The zero-order valence-corrected chi connectivity index (χ0v) is 21.6. The molecule has 204 valence electrons. The third kappa shape index (κ3) is 6.35. The van der Waals surface area contributed by atoms with Gasteiger partial charge in [0.05, 0.1) is 35.7 Å². The number of hydrogen-bond acceptors (Lipinski definition) is 7. The smallest absolute Gasteiger partial charge is 0.373 e. The van der Waals surface area contributed by atoms with Gasteiger partial charge in [0, 0.05) is 23.7 Å². The molecule has 0 spiro atoms. The average Bonchev–Trinajstić information content (AvgIpc) is 3.05. The van der Waals surface area contributed by atoms with E-state index < -0.39 is 30.6 Å². The summed E-state index contributed by atoms with van der Waals surface area (Å²) in [7, 11) is 0. The number of pyridine rings is 1. The summed E-state index contributed by atoms with van der Waals surface area (Å²) in [5.41, 5.74) is 5.70. The first-order valence-electron chi connectivity index (χ1n) is 12.7. The van der Waals surface area contributed by atoms with Gasteiger partial charge in [-0.25, -0.2) is 19.2 Å².